The highest BCUT2D eigenvalue weighted by molar-refractivity contribution is 5.79. The molecule has 0 atom stereocenters. The second kappa shape index (κ2) is 4.21. The summed E-state index contributed by atoms with van der Waals surface area (Å²) >= 11 is 0. The molecule has 0 N–H and O–H groups in total. The van der Waals surface area contributed by atoms with E-state index in [1.54, 1.807) is 18.6 Å². The van der Waals surface area contributed by atoms with Crippen molar-refractivity contribution < 1.29 is 0 Å². The first-order valence-corrected chi connectivity index (χ1v) is 6.00. The highest BCUT2D eigenvalue weighted by Crippen LogP contribution is 2.21. The van der Waals surface area contributed by atoms with Crippen molar-refractivity contribution in [3.63, 3.8) is 0 Å². The molecule has 0 amide bonds. The second-order valence-electron chi connectivity index (χ2n) is 4.55. The number of aryl methyl sites for hydroxylation is 2. The number of nitriles is 1. The third-order valence-electron chi connectivity index (χ3n) is 3.30. The van der Waals surface area contributed by atoms with Crippen LogP contribution in [0.15, 0.2) is 36.8 Å². The zero-order valence-electron chi connectivity index (χ0n) is 10.8. The van der Waals surface area contributed by atoms with E-state index in [1.165, 1.54) is 11.1 Å². The molecule has 19 heavy (non-hydrogen) atoms. The topological polar surface area (TPSA) is 54.5 Å². The zero-order chi connectivity index (χ0) is 13.4. The van der Waals surface area contributed by atoms with E-state index in [2.05, 4.69) is 42.0 Å². The number of imidazole rings is 1. The van der Waals surface area contributed by atoms with Crippen LogP contribution in [0.1, 0.15) is 16.8 Å². The summed E-state index contributed by atoms with van der Waals surface area (Å²) in [7, 11) is 0. The number of benzene rings is 1. The highest BCUT2D eigenvalue weighted by atomic mass is 15.0. The summed E-state index contributed by atoms with van der Waals surface area (Å²) in [5.41, 5.74) is 5.76. The molecule has 0 aliphatic carbocycles. The number of nitrogens with zero attached hydrogens (tertiary/aromatic N) is 4. The van der Waals surface area contributed by atoms with E-state index < -0.39 is 0 Å². The van der Waals surface area contributed by atoms with Gasteiger partial charge in [0.05, 0.1) is 16.7 Å². The molecule has 92 valence electrons. The maximum Gasteiger partial charge on any atom is 0.142 e. The summed E-state index contributed by atoms with van der Waals surface area (Å²) < 4.78 is 1.98. The van der Waals surface area contributed by atoms with E-state index in [4.69, 9.17) is 5.26 Å². The molecule has 0 aliphatic heterocycles. The predicted molar refractivity (Wildman–Crippen MR) is 73.1 cm³/mol. The summed E-state index contributed by atoms with van der Waals surface area (Å²) in [5, 5.41) is 8.92. The summed E-state index contributed by atoms with van der Waals surface area (Å²) in [4.78, 5) is 8.40. The van der Waals surface area contributed by atoms with Crippen LogP contribution in [0.4, 0.5) is 0 Å². The van der Waals surface area contributed by atoms with Gasteiger partial charge in [-0.15, -0.1) is 0 Å². The smallest absolute Gasteiger partial charge is 0.142 e. The Morgan fingerprint density at radius 3 is 2.68 bits per heavy atom. The van der Waals surface area contributed by atoms with Gasteiger partial charge in [-0.3, -0.25) is 4.57 Å². The monoisotopic (exact) mass is 248 g/mol. The summed E-state index contributed by atoms with van der Waals surface area (Å²) in [6, 6.07) is 9.88. The Bertz CT molecular complexity index is 809. The Morgan fingerprint density at radius 2 is 1.89 bits per heavy atom. The first-order valence-electron chi connectivity index (χ1n) is 6.00. The fourth-order valence-corrected chi connectivity index (χ4v) is 2.10. The van der Waals surface area contributed by atoms with Crippen molar-refractivity contribution in [3.05, 3.63) is 53.6 Å². The molecule has 0 bridgehead atoms. The van der Waals surface area contributed by atoms with Crippen molar-refractivity contribution >= 4 is 11.0 Å². The van der Waals surface area contributed by atoms with Gasteiger partial charge >= 0.3 is 0 Å². The maximum atomic E-state index is 8.92. The molecule has 0 saturated heterocycles. The number of hydrogen-bond donors (Lipinski definition) is 0. The Kier molecular flexibility index (Phi) is 2.53. The van der Waals surface area contributed by atoms with Gasteiger partial charge in [-0.1, -0.05) is 0 Å². The van der Waals surface area contributed by atoms with Crippen LogP contribution in [-0.4, -0.2) is 14.5 Å². The molecule has 3 aromatic rings. The molecule has 0 unspecified atom stereocenters. The van der Waals surface area contributed by atoms with Crippen LogP contribution in [0.25, 0.3) is 16.7 Å². The first kappa shape index (κ1) is 11.4. The molecule has 0 fully saturated rings. The minimum Gasteiger partial charge on any atom is -0.299 e. The van der Waals surface area contributed by atoms with Gasteiger partial charge in [-0.05, 0) is 49.2 Å². The lowest BCUT2D eigenvalue weighted by Gasteiger charge is -2.06. The van der Waals surface area contributed by atoms with Gasteiger partial charge in [0.2, 0.25) is 0 Å². The molecule has 0 saturated carbocycles. The molecule has 2 heterocycles. The van der Waals surface area contributed by atoms with Crippen molar-refractivity contribution in [1.29, 1.82) is 5.26 Å². The molecule has 4 nitrogen and oxygen atoms in total. The van der Waals surface area contributed by atoms with Crippen LogP contribution >= 0.6 is 0 Å². The van der Waals surface area contributed by atoms with Crippen molar-refractivity contribution in [1.82, 2.24) is 14.5 Å². The Morgan fingerprint density at radius 1 is 1.11 bits per heavy atom. The average Bonchev–Trinajstić information content (AvgIpc) is 2.82. The fraction of sp³-hybridized carbons (Fsp3) is 0.133. The van der Waals surface area contributed by atoms with Gasteiger partial charge in [0.15, 0.2) is 0 Å². The molecule has 4 heteroatoms. The van der Waals surface area contributed by atoms with Crippen LogP contribution in [-0.2, 0) is 0 Å². The van der Waals surface area contributed by atoms with Crippen LogP contribution < -0.4 is 0 Å². The molecule has 2 aromatic heterocycles. The minimum absolute atomic E-state index is 0.406. The van der Waals surface area contributed by atoms with Crippen molar-refractivity contribution in [3.8, 4) is 11.8 Å². The van der Waals surface area contributed by atoms with Gasteiger partial charge in [0.1, 0.15) is 18.1 Å². The van der Waals surface area contributed by atoms with Crippen molar-refractivity contribution in [2.24, 2.45) is 0 Å². The third-order valence-corrected chi connectivity index (χ3v) is 3.30. The van der Waals surface area contributed by atoms with Crippen molar-refractivity contribution in [2.75, 3.05) is 0 Å². The average molecular weight is 248 g/mol. The quantitative estimate of drug-likeness (QED) is 0.665. The van der Waals surface area contributed by atoms with E-state index >= 15 is 0 Å². The Hall–Kier alpha value is -2.67. The van der Waals surface area contributed by atoms with Gasteiger partial charge in [-0.2, -0.15) is 5.26 Å². The second-order valence-corrected chi connectivity index (χ2v) is 4.55. The van der Waals surface area contributed by atoms with E-state index in [0.29, 0.717) is 5.69 Å². The molecule has 0 spiro atoms. The van der Waals surface area contributed by atoms with Gasteiger partial charge in [0.25, 0.3) is 0 Å². The maximum absolute atomic E-state index is 8.92. The van der Waals surface area contributed by atoms with Crippen LogP contribution in [0.3, 0.4) is 0 Å². The number of pyridine rings is 1. The fourth-order valence-electron chi connectivity index (χ4n) is 2.10. The van der Waals surface area contributed by atoms with Crippen LogP contribution in [0.2, 0.25) is 0 Å². The Balaban J connectivity index is 2.25. The van der Waals surface area contributed by atoms with E-state index in [-0.39, 0.29) is 0 Å². The molecule has 0 aliphatic rings. The molecular weight excluding hydrogens is 236 g/mol. The molecular formula is C15H12N4. The van der Waals surface area contributed by atoms with Gasteiger partial charge < -0.3 is 0 Å². The third kappa shape index (κ3) is 1.85. The van der Waals surface area contributed by atoms with Crippen LogP contribution in [0.5, 0.6) is 0 Å². The lowest BCUT2D eigenvalue weighted by molar-refractivity contribution is 1.07. The largest absolute Gasteiger partial charge is 0.299 e. The standard InChI is InChI=1S/C15H12N4/c1-10-5-14-15(6-11(10)2)19(9-18-14)13-3-4-17-12(7-13)8-16/h3-7,9H,1-2H3. The summed E-state index contributed by atoms with van der Waals surface area (Å²) in [6.45, 7) is 4.16. The molecule has 0 radical (unpaired) electrons. The van der Waals surface area contributed by atoms with Crippen molar-refractivity contribution in [2.45, 2.75) is 13.8 Å². The highest BCUT2D eigenvalue weighted by Gasteiger charge is 2.07. The normalized spacial score (nSPS) is 10.6. The Labute approximate surface area is 111 Å². The predicted octanol–water partition coefficient (Wildman–Crippen LogP) is 2.91. The lowest BCUT2D eigenvalue weighted by Crippen LogP contribution is -1.94. The van der Waals surface area contributed by atoms with E-state index in [9.17, 15) is 0 Å². The number of fused-ring (bicyclic) bond motifs is 1. The van der Waals surface area contributed by atoms with E-state index in [0.717, 1.165) is 16.7 Å². The molecule has 3 rings (SSSR count). The number of hydrogen-bond acceptors (Lipinski definition) is 3. The van der Waals surface area contributed by atoms with E-state index in [1.807, 2.05) is 10.6 Å². The summed E-state index contributed by atoms with van der Waals surface area (Å²) in [6.07, 6.45) is 3.42. The molecule has 1 aromatic carbocycles. The lowest BCUT2D eigenvalue weighted by atomic mass is 10.1. The minimum atomic E-state index is 0.406. The SMILES string of the molecule is Cc1cc2ncn(-c3ccnc(C#N)c3)c2cc1C. The van der Waals surface area contributed by atoms with Crippen LogP contribution in [0, 0.1) is 25.2 Å². The van der Waals surface area contributed by atoms with Gasteiger partial charge in [0, 0.05) is 6.20 Å². The number of rotatable bonds is 1. The zero-order valence-corrected chi connectivity index (χ0v) is 10.8. The number of aromatic nitrogens is 3. The first-order chi connectivity index (χ1) is 9.19. The summed E-state index contributed by atoms with van der Waals surface area (Å²) in [5.74, 6) is 0. The van der Waals surface area contributed by atoms with Gasteiger partial charge in [-0.25, -0.2) is 9.97 Å².